The van der Waals surface area contributed by atoms with Crippen LogP contribution in [0.5, 0.6) is 0 Å². The Morgan fingerprint density at radius 2 is 2.39 bits per heavy atom. The van der Waals surface area contributed by atoms with Gasteiger partial charge in [0.25, 0.3) is 0 Å². The summed E-state index contributed by atoms with van der Waals surface area (Å²) in [6.07, 6.45) is 2.47. The van der Waals surface area contributed by atoms with Crippen molar-refractivity contribution < 1.29 is 0 Å². The average Bonchev–Trinajstić information content (AvgIpc) is 2.84. The first-order valence-corrected chi connectivity index (χ1v) is 8.48. The standard InChI is InChI=1S/C13H20BrClN2S/c1-3-5-16-8-9-4-6-17(2)12(9)11-7-10(14)13(15)18-11/h7,9,12,16H,3-6,8H2,1-2H3. The van der Waals surface area contributed by atoms with Gasteiger partial charge in [0.1, 0.15) is 4.34 Å². The molecule has 1 fully saturated rings. The number of hydrogen-bond acceptors (Lipinski definition) is 3. The smallest absolute Gasteiger partial charge is 0.107 e. The highest BCUT2D eigenvalue weighted by Crippen LogP contribution is 2.43. The number of nitrogens with zero attached hydrogens (tertiary/aromatic N) is 1. The Hall–Kier alpha value is 0.390. The highest BCUT2D eigenvalue weighted by atomic mass is 79.9. The van der Waals surface area contributed by atoms with Crippen molar-refractivity contribution in [2.24, 2.45) is 5.92 Å². The van der Waals surface area contributed by atoms with Gasteiger partial charge in [0.05, 0.1) is 0 Å². The van der Waals surface area contributed by atoms with Gasteiger partial charge in [-0.1, -0.05) is 18.5 Å². The van der Waals surface area contributed by atoms with E-state index in [2.05, 4.69) is 46.2 Å². The number of rotatable bonds is 5. The van der Waals surface area contributed by atoms with E-state index in [1.807, 2.05) is 0 Å². The summed E-state index contributed by atoms with van der Waals surface area (Å²) in [4.78, 5) is 3.84. The van der Waals surface area contributed by atoms with Gasteiger partial charge in [0, 0.05) is 15.4 Å². The van der Waals surface area contributed by atoms with E-state index in [1.54, 1.807) is 11.3 Å². The van der Waals surface area contributed by atoms with Crippen molar-refractivity contribution in [3.05, 3.63) is 19.8 Å². The SMILES string of the molecule is CCCNCC1CCN(C)C1c1cc(Br)c(Cl)s1. The molecule has 0 spiro atoms. The van der Waals surface area contributed by atoms with Crippen molar-refractivity contribution >= 4 is 38.9 Å². The summed E-state index contributed by atoms with van der Waals surface area (Å²) < 4.78 is 1.90. The maximum atomic E-state index is 6.17. The number of halogens is 2. The zero-order valence-electron chi connectivity index (χ0n) is 10.9. The number of hydrogen-bond donors (Lipinski definition) is 1. The summed E-state index contributed by atoms with van der Waals surface area (Å²) in [6, 6.07) is 2.70. The third-order valence-corrected chi connectivity index (χ3v) is 6.11. The minimum absolute atomic E-state index is 0.517. The van der Waals surface area contributed by atoms with Gasteiger partial charge in [0.15, 0.2) is 0 Å². The van der Waals surface area contributed by atoms with E-state index in [-0.39, 0.29) is 0 Å². The summed E-state index contributed by atoms with van der Waals surface area (Å²) in [5, 5.41) is 3.55. The van der Waals surface area contributed by atoms with E-state index >= 15 is 0 Å². The Kier molecular flexibility index (Phi) is 5.51. The fourth-order valence-corrected chi connectivity index (χ4v) is 4.66. The molecular weight excluding hydrogens is 332 g/mol. The summed E-state index contributed by atoms with van der Waals surface area (Å²) in [6.45, 7) is 5.61. The van der Waals surface area contributed by atoms with Gasteiger partial charge in [-0.25, -0.2) is 0 Å². The van der Waals surface area contributed by atoms with Crippen molar-refractivity contribution in [3.63, 3.8) is 0 Å². The van der Waals surface area contributed by atoms with E-state index in [0.29, 0.717) is 12.0 Å². The Morgan fingerprint density at radius 1 is 1.61 bits per heavy atom. The molecule has 1 aromatic heterocycles. The molecule has 0 radical (unpaired) electrons. The molecule has 1 saturated heterocycles. The highest BCUT2D eigenvalue weighted by Gasteiger charge is 2.34. The molecule has 2 nitrogen and oxygen atoms in total. The van der Waals surface area contributed by atoms with Crippen LogP contribution in [-0.4, -0.2) is 31.6 Å². The third-order valence-electron chi connectivity index (χ3n) is 3.56. The topological polar surface area (TPSA) is 15.3 Å². The zero-order chi connectivity index (χ0) is 13.1. The molecule has 2 heterocycles. The molecule has 18 heavy (non-hydrogen) atoms. The van der Waals surface area contributed by atoms with Crippen LogP contribution >= 0.6 is 38.9 Å². The van der Waals surface area contributed by atoms with E-state index in [0.717, 1.165) is 21.9 Å². The van der Waals surface area contributed by atoms with Crippen LogP contribution in [0.4, 0.5) is 0 Å². The second-order valence-electron chi connectivity index (χ2n) is 4.95. The zero-order valence-corrected chi connectivity index (χ0v) is 14.0. The lowest BCUT2D eigenvalue weighted by Gasteiger charge is -2.24. The molecule has 0 aliphatic carbocycles. The molecule has 2 rings (SSSR count). The fourth-order valence-electron chi connectivity index (χ4n) is 2.66. The minimum atomic E-state index is 0.517. The van der Waals surface area contributed by atoms with Gasteiger partial charge in [0.2, 0.25) is 0 Å². The molecule has 1 aromatic rings. The molecule has 102 valence electrons. The van der Waals surface area contributed by atoms with E-state index in [1.165, 1.54) is 24.3 Å². The predicted octanol–water partition coefficient (Wildman–Crippen LogP) is 4.16. The van der Waals surface area contributed by atoms with Gasteiger partial charge < -0.3 is 5.32 Å². The molecule has 1 N–H and O–H groups in total. The number of likely N-dealkylation sites (tertiary alicyclic amines) is 1. The summed E-state index contributed by atoms with van der Waals surface area (Å²) >= 11 is 11.4. The quantitative estimate of drug-likeness (QED) is 0.801. The van der Waals surface area contributed by atoms with Crippen LogP contribution in [0, 0.1) is 5.92 Å². The van der Waals surface area contributed by atoms with Crippen LogP contribution in [0.15, 0.2) is 10.5 Å². The van der Waals surface area contributed by atoms with E-state index < -0.39 is 0 Å². The minimum Gasteiger partial charge on any atom is -0.316 e. The van der Waals surface area contributed by atoms with Crippen LogP contribution in [-0.2, 0) is 0 Å². The molecule has 1 aliphatic heterocycles. The number of nitrogens with one attached hydrogen (secondary N) is 1. The van der Waals surface area contributed by atoms with Crippen LogP contribution < -0.4 is 5.32 Å². The molecule has 0 saturated carbocycles. The lowest BCUT2D eigenvalue weighted by Crippen LogP contribution is -2.28. The van der Waals surface area contributed by atoms with Crippen LogP contribution in [0.1, 0.15) is 30.7 Å². The largest absolute Gasteiger partial charge is 0.316 e. The van der Waals surface area contributed by atoms with Crippen molar-refractivity contribution in [2.75, 3.05) is 26.7 Å². The Morgan fingerprint density at radius 3 is 3.00 bits per heavy atom. The van der Waals surface area contributed by atoms with E-state index in [4.69, 9.17) is 11.6 Å². The van der Waals surface area contributed by atoms with Gasteiger partial charge in [-0.2, -0.15) is 0 Å². The van der Waals surface area contributed by atoms with Crippen LogP contribution in [0.25, 0.3) is 0 Å². The second kappa shape index (κ2) is 6.71. The Labute approximate surface area is 127 Å². The lowest BCUT2D eigenvalue weighted by molar-refractivity contribution is 0.276. The van der Waals surface area contributed by atoms with Gasteiger partial charge >= 0.3 is 0 Å². The van der Waals surface area contributed by atoms with Gasteiger partial charge in [-0.15, -0.1) is 11.3 Å². The number of thiophene rings is 1. The third kappa shape index (κ3) is 3.28. The Balaban J connectivity index is 2.07. The summed E-state index contributed by atoms with van der Waals surface area (Å²) in [5.74, 6) is 0.697. The van der Waals surface area contributed by atoms with Crippen molar-refractivity contribution in [1.82, 2.24) is 10.2 Å². The van der Waals surface area contributed by atoms with Gasteiger partial charge in [-0.05, 0) is 67.4 Å². The van der Waals surface area contributed by atoms with Crippen LogP contribution in [0.2, 0.25) is 4.34 Å². The van der Waals surface area contributed by atoms with Gasteiger partial charge in [-0.3, -0.25) is 4.90 Å². The van der Waals surface area contributed by atoms with E-state index in [9.17, 15) is 0 Å². The second-order valence-corrected chi connectivity index (χ2v) is 7.49. The molecule has 2 atom stereocenters. The lowest BCUT2D eigenvalue weighted by atomic mass is 9.99. The van der Waals surface area contributed by atoms with Crippen LogP contribution in [0.3, 0.4) is 0 Å². The normalized spacial score (nSPS) is 24.9. The van der Waals surface area contributed by atoms with Crippen molar-refractivity contribution in [2.45, 2.75) is 25.8 Å². The summed E-state index contributed by atoms with van der Waals surface area (Å²) in [7, 11) is 2.21. The summed E-state index contributed by atoms with van der Waals surface area (Å²) in [5.41, 5.74) is 0. The molecule has 1 aliphatic rings. The molecule has 0 amide bonds. The first kappa shape index (κ1) is 14.8. The first-order chi connectivity index (χ1) is 8.63. The molecule has 5 heteroatoms. The fraction of sp³-hybridized carbons (Fsp3) is 0.692. The highest BCUT2D eigenvalue weighted by molar-refractivity contribution is 9.10. The van der Waals surface area contributed by atoms with Crippen molar-refractivity contribution in [1.29, 1.82) is 0 Å². The monoisotopic (exact) mass is 350 g/mol. The molecule has 0 bridgehead atoms. The molecule has 0 aromatic carbocycles. The predicted molar refractivity (Wildman–Crippen MR) is 83.7 cm³/mol. The first-order valence-electron chi connectivity index (χ1n) is 6.49. The average molecular weight is 352 g/mol. The molecular formula is C13H20BrClN2S. The maximum Gasteiger partial charge on any atom is 0.107 e. The Bertz CT molecular complexity index is 377. The molecule has 2 unspecified atom stereocenters. The maximum absolute atomic E-state index is 6.17. The van der Waals surface area contributed by atoms with Crippen molar-refractivity contribution in [3.8, 4) is 0 Å².